The van der Waals surface area contributed by atoms with Crippen molar-refractivity contribution >= 4 is 0 Å². The van der Waals surface area contributed by atoms with Gasteiger partial charge in [0.2, 0.25) is 0 Å². The second kappa shape index (κ2) is 5.61. The van der Waals surface area contributed by atoms with E-state index in [4.69, 9.17) is 4.74 Å². The SMILES string of the molecule is CC(C)(C)c1ccc(CNCC2(O)CCOC2)cc1. The predicted octanol–water partition coefficient (Wildman–Crippen LogP) is 2.23. The van der Waals surface area contributed by atoms with Crippen LogP contribution in [0.25, 0.3) is 0 Å². The molecule has 19 heavy (non-hydrogen) atoms. The molecule has 0 amide bonds. The van der Waals surface area contributed by atoms with E-state index < -0.39 is 5.60 Å². The Kier molecular flexibility index (Phi) is 4.29. The molecule has 1 fully saturated rings. The molecule has 1 saturated heterocycles. The summed E-state index contributed by atoms with van der Waals surface area (Å²) in [6.45, 7) is 9.14. The molecule has 1 aromatic carbocycles. The van der Waals surface area contributed by atoms with Crippen LogP contribution in [0.1, 0.15) is 38.3 Å². The molecule has 1 heterocycles. The Hall–Kier alpha value is -0.900. The van der Waals surface area contributed by atoms with E-state index in [1.807, 2.05) is 0 Å². The molecule has 1 aromatic rings. The Morgan fingerprint density at radius 1 is 1.26 bits per heavy atom. The molecule has 2 rings (SSSR count). The zero-order valence-corrected chi connectivity index (χ0v) is 12.2. The first-order valence-electron chi connectivity index (χ1n) is 6.99. The lowest BCUT2D eigenvalue weighted by atomic mass is 9.87. The minimum Gasteiger partial charge on any atom is -0.386 e. The van der Waals surface area contributed by atoms with Gasteiger partial charge in [-0.3, -0.25) is 0 Å². The predicted molar refractivity (Wildman–Crippen MR) is 77.2 cm³/mol. The fraction of sp³-hybridized carbons (Fsp3) is 0.625. The van der Waals surface area contributed by atoms with Crippen LogP contribution in [-0.2, 0) is 16.7 Å². The molecule has 3 nitrogen and oxygen atoms in total. The first-order chi connectivity index (χ1) is 8.89. The van der Waals surface area contributed by atoms with Crippen LogP contribution in [0.3, 0.4) is 0 Å². The first kappa shape index (κ1) is 14.5. The molecule has 0 aliphatic carbocycles. The van der Waals surface area contributed by atoms with Gasteiger partial charge in [0.1, 0.15) is 5.60 Å². The van der Waals surface area contributed by atoms with Crippen LogP contribution >= 0.6 is 0 Å². The van der Waals surface area contributed by atoms with E-state index >= 15 is 0 Å². The minimum absolute atomic E-state index is 0.197. The Morgan fingerprint density at radius 3 is 2.47 bits per heavy atom. The van der Waals surface area contributed by atoms with E-state index in [9.17, 15) is 5.11 Å². The quantitative estimate of drug-likeness (QED) is 0.875. The van der Waals surface area contributed by atoms with E-state index in [1.54, 1.807) is 0 Å². The zero-order valence-electron chi connectivity index (χ0n) is 12.2. The van der Waals surface area contributed by atoms with Crippen molar-refractivity contribution in [2.24, 2.45) is 0 Å². The molecule has 1 aliphatic rings. The normalized spacial score (nSPS) is 23.8. The Morgan fingerprint density at radius 2 is 1.95 bits per heavy atom. The van der Waals surface area contributed by atoms with Crippen LogP contribution in [0, 0.1) is 0 Å². The van der Waals surface area contributed by atoms with Crippen molar-refractivity contribution in [3.8, 4) is 0 Å². The summed E-state index contributed by atoms with van der Waals surface area (Å²) in [6.07, 6.45) is 0.725. The summed E-state index contributed by atoms with van der Waals surface area (Å²) in [4.78, 5) is 0. The van der Waals surface area contributed by atoms with Gasteiger partial charge in [-0.25, -0.2) is 0 Å². The van der Waals surface area contributed by atoms with E-state index in [0.717, 1.165) is 13.0 Å². The van der Waals surface area contributed by atoms with E-state index in [2.05, 4.69) is 50.4 Å². The maximum absolute atomic E-state index is 10.1. The number of nitrogens with one attached hydrogen (secondary N) is 1. The Labute approximate surface area is 116 Å². The van der Waals surface area contributed by atoms with Crippen molar-refractivity contribution in [2.75, 3.05) is 19.8 Å². The third-order valence-corrected chi connectivity index (χ3v) is 3.69. The summed E-state index contributed by atoms with van der Waals surface area (Å²) < 4.78 is 5.23. The van der Waals surface area contributed by atoms with Crippen molar-refractivity contribution in [2.45, 2.75) is 44.8 Å². The number of rotatable bonds is 4. The maximum Gasteiger partial charge on any atom is 0.102 e. The van der Waals surface area contributed by atoms with Gasteiger partial charge in [-0.15, -0.1) is 0 Å². The largest absolute Gasteiger partial charge is 0.386 e. The molecule has 0 aromatic heterocycles. The molecule has 0 bridgehead atoms. The zero-order chi connectivity index (χ0) is 13.9. The molecule has 1 unspecified atom stereocenters. The van der Waals surface area contributed by atoms with Crippen LogP contribution < -0.4 is 5.32 Å². The average Bonchev–Trinajstić information content (AvgIpc) is 2.76. The molecular weight excluding hydrogens is 238 g/mol. The number of ether oxygens (including phenoxy) is 1. The van der Waals surface area contributed by atoms with Crippen molar-refractivity contribution in [1.29, 1.82) is 0 Å². The molecule has 0 radical (unpaired) electrons. The minimum atomic E-state index is -0.675. The van der Waals surface area contributed by atoms with Crippen molar-refractivity contribution in [3.63, 3.8) is 0 Å². The number of benzene rings is 1. The van der Waals surface area contributed by atoms with Crippen LogP contribution in [0.2, 0.25) is 0 Å². The summed E-state index contributed by atoms with van der Waals surface area (Å²) in [6, 6.07) is 8.68. The Bertz CT molecular complexity index is 400. The molecule has 1 atom stereocenters. The first-order valence-corrected chi connectivity index (χ1v) is 6.99. The van der Waals surface area contributed by atoms with Gasteiger partial charge in [0.15, 0.2) is 0 Å². The number of hydrogen-bond acceptors (Lipinski definition) is 3. The highest BCUT2D eigenvalue weighted by molar-refractivity contribution is 5.27. The number of aliphatic hydroxyl groups is 1. The van der Waals surface area contributed by atoms with Crippen molar-refractivity contribution in [3.05, 3.63) is 35.4 Å². The molecule has 106 valence electrons. The summed E-state index contributed by atoms with van der Waals surface area (Å²) in [5.74, 6) is 0. The lowest BCUT2D eigenvalue weighted by molar-refractivity contribution is 0.0268. The van der Waals surface area contributed by atoms with Gasteiger partial charge in [-0.05, 0) is 16.5 Å². The van der Waals surface area contributed by atoms with Gasteiger partial charge in [0.25, 0.3) is 0 Å². The summed E-state index contributed by atoms with van der Waals surface area (Å²) >= 11 is 0. The van der Waals surface area contributed by atoms with Crippen molar-refractivity contribution < 1.29 is 9.84 Å². The third kappa shape index (κ3) is 4.03. The van der Waals surface area contributed by atoms with Crippen LogP contribution in [-0.4, -0.2) is 30.5 Å². The van der Waals surface area contributed by atoms with Gasteiger partial charge in [-0.2, -0.15) is 0 Å². The fourth-order valence-electron chi connectivity index (χ4n) is 2.30. The van der Waals surface area contributed by atoms with Crippen molar-refractivity contribution in [1.82, 2.24) is 5.32 Å². The van der Waals surface area contributed by atoms with Crippen LogP contribution in [0.15, 0.2) is 24.3 Å². The lowest BCUT2D eigenvalue weighted by Crippen LogP contribution is -2.40. The highest BCUT2D eigenvalue weighted by Crippen LogP contribution is 2.22. The standard InChI is InChI=1S/C16H25NO2/c1-15(2,3)14-6-4-13(5-7-14)10-17-11-16(18)8-9-19-12-16/h4-7,17-18H,8-12H2,1-3H3. The second-order valence-electron chi connectivity index (χ2n) is 6.58. The highest BCUT2D eigenvalue weighted by atomic mass is 16.5. The topological polar surface area (TPSA) is 41.5 Å². The van der Waals surface area contributed by atoms with Gasteiger partial charge < -0.3 is 15.2 Å². The highest BCUT2D eigenvalue weighted by Gasteiger charge is 2.31. The molecule has 0 saturated carbocycles. The summed E-state index contributed by atoms with van der Waals surface area (Å²) in [5, 5.41) is 13.4. The molecule has 3 heteroatoms. The summed E-state index contributed by atoms with van der Waals surface area (Å²) in [5.41, 5.74) is 2.11. The second-order valence-corrected chi connectivity index (χ2v) is 6.58. The van der Waals surface area contributed by atoms with Gasteiger partial charge in [-0.1, -0.05) is 45.0 Å². The number of hydrogen-bond donors (Lipinski definition) is 2. The van der Waals surface area contributed by atoms with Crippen LogP contribution in [0.4, 0.5) is 0 Å². The molecular formula is C16H25NO2. The van der Waals surface area contributed by atoms with Gasteiger partial charge in [0.05, 0.1) is 6.61 Å². The van der Waals surface area contributed by atoms with E-state index in [0.29, 0.717) is 19.8 Å². The van der Waals surface area contributed by atoms with E-state index in [1.165, 1.54) is 11.1 Å². The Balaban J connectivity index is 1.83. The summed E-state index contributed by atoms with van der Waals surface area (Å²) in [7, 11) is 0. The maximum atomic E-state index is 10.1. The van der Waals surface area contributed by atoms with Crippen LogP contribution in [0.5, 0.6) is 0 Å². The van der Waals surface area contributed by atoms with Gasteiger partial charge >= 0.3 is 0 Å². The van der Waals surface area contributed by atoms with E-state index in [-0.39, 0.29) is 5.41 Å². The monoisotopic (exact) mass is 263 g/mol. The molecule has 0 spiro atoms. The average molecular weight is 263 g/mol. The lowest BCUT2D eigenvalue weighted by Gasteiger charge is -2.21. The molecule has 2 N–H and O–H groups in total. The smallest absolute Gasteiger partial charge is 0.102 e. The fourth-order valence-corrected chi connectivity index (χ4v) is 2.30. The van der Waals surface area contributed by atoms with Gasteiger partial charge in [0, 0.05) is 26.1 Å². The molecule has 1 aliphatic heterocycles. The third-order valence-electron chi connectivity index (χ3n) is 3.69.